The van der Waals surface area contributed by atoms with Crippen LogP contribution in [0.4, 0.5) is 5.82 Å². The first kappa shape index (κ1) is 23.0. The quantitative estimate of drug-likeness (QED) is 0.642. The van der Waals surface area contributed by atoms with E-state index in [1.165, 1.54) is 17.5 Å². The van der Waals surface area contributed by atoms with Crippen molar-refractivity contribution in [2.24, 2.45) is 5.73 Å². The van der Waals surface area contributed by atoms with Crippen molar-refractivity contribution in [2.45, 2.75) is 64.1 Å². The van der Waals surface area contributed by atoms with Crippen molar-refractivity contribution in [1.29, 1.82) is 0 Å². The number of anilines is 1. The Labute approximate surface area is 177 Å². The fourth-order valence-electron chi connectivity index (χ4n) is 3.00. The van der Waals surface area contributed by atoms with Crippen molar-refractivity contribution in [2.75, 3.05) is 18.9 Å². The molecule has 0 unspecified atom stereocenters. The van der Waals surface area contributed by atoms with Gasteiger partial charge in [-0.25, -0.2) is 15.0 Å². The summed E-state index contributed by atoms with van der Waals surface area (Å²) in [7, 11) is 0. The Bertz CT molecular complexity index is 941. The molecule has 1 aliphatic heterocycles. The van der Waals surface area contributed by atoms with Crippen LogP contribution in [-0.4, -0.2) is 32.7 Å². The summed E-state index contributed by atoms with van der Waals surface area (Å²) < 4.78 is 7.77. The van der Waals surface area contributed by atoms with Crippen LogP contribution in [0, 0.1) is 6.92 Å². The largest absolute Gasteiger partial charge is 0.493 e. The zero-order valence-electron chi connectivity index (χ0n) is 18.0. The smallest absolute Gasteiger partial charge is 0.175 e. The number of rotatable bonds is 5. The minimum Gasteiger partial charge on any atom is -0.493 e. The van der Waals surface area contributed by atoms with Crippen LogP contribution in [0.15, 0.2) is 28.5 Å². The number of aromatic nitrogens is 4. The number of benzene rings is 1. The highest BCUT2D eigenvalue weighted by molar-refractivity contribution is 7.99. The maximum atomic E-state index is 5.98. The second kappa shape index (κ2) is 11.0. The van der Waals surface area contributed by atoms with Gasteiger partial charge >= 0.3 is 0 Å². The molecule has 1 aromatic carbocycles. The van der Waals surface area contributed by atoms with E-state index in [0.717, 1.165) is 47.4 Å². The van der Waals surface area contributed by atoms with Crippen molar-refractivity contribution < 1.29 is 4.74 Å². The summed E-state index contributed by atoms with van der Waals surface area (Å²) in [5.41, 5.74) is 15.5. The summed E-state index contributed by atoms with van der Waals surface area (Å²) in [6.07, 6.45) is 3.29. The van der Waals surface area contributed by atoms with E-state index in [-0.39, 0.29) is 0 Å². The molecule has 29 heavy (non-hydrogen) atoms. The van der Waals surface area contributed by atoms with Gasteiger partial charge in [-0.1, -0.05) is 45.5 Å². The zero-order valence-corrected chi connectivity index (χ0v) is 18.8. The van der Waals surface area contributed by atoms with Crippen LogP contribution in [0.2, 0.25) is 0 Å². The van der Waals surface area contributed by atoms with Gasteiger partial charge < -0.3 is 20.8 Å². The summed E-state index contributed by atoms with van der Waals surface area (Å²) in [6, 6.07) is 4.30. The molecule has 0 spiro atoms. The SMILES string of the molecule is CC.CC.Cc1cc2c(cc1Sc1nc3c(N)ncnc3n1CCCN)OCC2. The number of nitrogens with zero attached hydrogens (tertiary/aromatic N) is 4. The number of hydrogen-bond acceptors (Lipinski definition) is 7. The van der Waals surface area contributed by atoms with Crippen LogP contribution in [0.25, 0.3) is 11.2 Å². The third kappa shape index (κ3) is 5.00. The van der Waals surface area contributed by atoms with Crippen LogP contribution in [-0.2, 0) is 13.0 Å². The third-order valence-electron chi connectivity index (χ3n) is 4.30. The van der Waals surface area contributed by atoms with Crippen LogP contribution < -0.4 is 16.2 Å². The number of nitrogens with two attached hydrogens (primary N) is 2. The molecular weight excluding hydrogens is 384 g/mol. The van der Waals surface area contributed by atoms with Gasteiger partial charge in [0.1, 0.15) is 12.1 Å². The molecule has 8 heteroatoms. The molecule has 158 valence electrons. The number of hydrogen-bond donors (Lipinski definition) is 2. The Morgan fingerprint density at radius 2 is 1.93 bits per heavy atom. The number of aryl methyl sites for hydroxylation is 2. The summed E-state index contributed by atoms with van der Waals surface area (Å²) >= 11 is 1.60. The van der Waals surface area contributed by atoms with Crippen LogP contribution in [0.3, 0.4) is 0 Å². The zero-order chi connectivity index (χ0) is 21.4. The summed E-state index contributed by atoms with van der Waals surface area (Å²) in [4.78, 5) is 14.2. The standard InChI is InChI=1S/C17H20N6OS.2C2H6/c1-10-7-11-3-6-24-12(11)8-13(10)25-17-22-14-15(19)20-9-21-16(14)23(17)5-2-4-18;2*1-2/h7-9H,2-6,18H2,1H3,(H2,19,20,21);2*1-2H3. The van der Waals surface area contributed by atoms with Gasteiger partial charge in [0.05, 0.1) is 6.61 Å². The Morgan fingerprint density at radius 1 is 1.17 bits per heavy atom. The molecule has 2 aromatic heterocycles. The maximum absolute atomic E-state index is 5.98. The molecule has 1 aliphatic rings. The summed E-state index contributed by atoms with van der Waals surface area (Å²) in [6.45, 7) is 12.2. The van der Waals surface area contributed by atoms with E-state index in [2.05, 4.69) is 38.6 Å². The lowest BCUT2D eigenvalue weighted by atomic mass is 10.1. The first-order chi connectivity index (χ1) is 14.2. The molecule has 0 atom stereocenters. The van der Waals surface area contributed by atoms with Crippen molar-refractivity contribution in [3.05, 3.63) is 29.6 Å². The molecule has 4 rings (SSSR count). The molecule has 0 aliphatic carbocycles. The molecule has 0 saturated carbocycles. The molecule has 7 nitrogen and oxygen atoms in total. The highest BCUT2D eigenvalue weighted by atomic mass is 32.2. The van der Waals surface area contributed by atoms with E-state index in [1.807, 2.05) is 27.7 Å². The van der Waals surface area contributed by atoms with E-state index in [0.29, 0.717) is 17.9 Å². The fourth-order valence-corrected chi connectivity index (χ4v) is 4.01. The highest BCUT2D eigenvalue weighted by Crippen LogP contribution is 2.37. The second-order valence-corrected chi connectivity index (χ2v) is 7.05. The fraction of sp³-hybridized carbons (Fsp3) is 0.476. The van der Waals surface area contributed by atoms with Crippen LogP contribution >= 0.6 is 11.8 Å². The Hall–Kier alpha value is -2.32. The second-order valence-electron chi connectivity index (χ2n) is 6.05. The van der Waals surface area contributed by atoms with Gasteiger partial charge in [0, 0.05) is 17.9 Å². The van der Waals surface area contributed by atoms with Gasteiger partial charge in [-0.3, -0.25) is 0 Å². The molecule has 4 N–H and O–H groups in total. The number of imidazole rings is 1. The van der Waals surface area contributed by atoms with Gasteiger partial charge in [-0.15, -0.1) is 0 Å². The Kier molecular flexibility index (Phi) is 8.72. The van der Waals surface area contributed by atoms with E-state index in [4.69, 9.17) is 16.2 Å². The first-order valence-corrected chi connectivity index (χ1v) is 11.1. The average molecular weight is 417 g/mol. The molecule has 0 bridgehead atoms. The van der Waals surface area contributed by atoms with Gasteiger partial charge in [0.25, 0.3) is 0 Å². The number of fused-ring (bicyclic) bond motifs is 2. The van der Waals surface area contributed by atoms with Gasteiger partial charge in [-0.05, 0) is 37.1 Å². The minimum absolute atomic E-state index is 0.396. The van der Waals surface area contributed by atoms with Crippen LogP contribution in [0.1, 0.15) is 45.2 Å². The Morgan fingerprint density at radius 3 is 2.66 bits per heavy atom. The van der Waals surface area contributed by atoms with Crippen molar-refractivity contribution in [3.8, 4) is 5.75 Å². The minimum atomic E-state index is 0.396. The van der Waals surface area contributed by atoms with Crippen molar-refractivity contribution in [3.63, 3.8) is 0 Å². The molecule has 0 saturated heterocycles. The van der Waals surface area contributed by atoms with E-state index >= 15 is 0 Å². The third-order valence-corrected chi connectivity index (χ3v) is 5.45. The molecule has 0 radical (unpaired) electrons. The first-order valence-electron chi connectivity index (χ1n) is 10.3. The Balaban J connectivity index is 0.000000707. The number of ether oxygens (including phenoxy) is 1. The van der Waals surface area contributed by atoms with Gasteiger partial charge in [-0.2, -0.15) is 0 Å². The highest BCUT2D eigenvalue weighted by Gasteiger charge is 2.19. The van der Waals surface area contributed by atoms with Gasteiger partial charge in [0.15, 0.2) is 22.1 Å². The maximum Gasteiger partial charge on any atom is 0.175 e. The predicted octanol–water partition coefficient (Wildman–Crippen LogP) is 4.20. The summed E-state index contributed by atoms with van der Waals surface area (Å²) in [5, 5.41) is 0.844. The van der Waals surface area contributed by atoms with Crippen LogP contribution in [0.5, 0.6) is 5.75 Å². The molecule has 0 amide bonds. The summed E-state index contributed by atoms with van der Waals surface area (Å²) in [5.74, 6) is 1.37. The van der Waals surface area contributed by atoms with Crippen molar-refractivity contribution in [1.82, 2.24) is 19.5 Å². The van der Waals surface area contributed by atoms with Gasteiger partial charge in [0.2, 0.25) is 0 Å². The normalized spacial score (nSPS) is 11.8. The predicted molar refractivity (Wildman–Crippen MR) is 121 cm³/mol. The molecule has 0 fully saturated rings. The average Bonchev–Trinajstić information content (AvgIpc) is 3.34. The molecular formula is C21H32N6OS. The van der Waals surface area contributed by atoms with E-state index in [9.17, 15) is 0 Å². The van der Waals surface area contributed by atoms with E-state index < -0.39 is 0 Å². The molecule has 3 heterocycles. The number of nitrogen functional groups attached to an aromatic ring is 1. The van der Waals surface area contributed by atoms with Crippen molar-refractivity contribution >= 4 is 28.7 Å². The topological polar surface area (TPSA) is 105 Å². The lowest BCUT2D eigenvalue weighted by Gasteiger charge is -2.10. The monoisotopic (exact) mass is 416 g/mol. The molecule has 3 aromatic rings. The lowest BCUT2D eigenvalue weighted by Crippen LogP contribution is -2.07. The lowest BCUT2D eigenvalue weighted by molar-refractivity contribution is 0.356. The van der Waals surface area contributed by atoms with E-state index in [1.54, 1.807) is 11.8 Å².